The van der Waals surface area contributed by atoms with Crippen LogP contribution in [0.2, 0.25) is 0 Å². The maximum Gasteiger partial charge on any atom is 0.233 e. The zero-order chi connectivity index (χ0) is 13.9. The molecule has 1 unspecified atom stereocenters. The first-order valence-electron chi connectivity index (χ1n) is 8.17. The van der Waals surface area contributed by atoms with Gasteiger partial charge in [0.2, 0.25) is 5.91 Å². The van der Waals surface area contributed by atoms with E-state index in [1.165, 1.54) is 45.2 Å². The third-order valence-electron chi connectivity index (χ3n) is 4.99. The van der Waals surface area contributed by atoms with E-state index in [1.807, 2.05) is 0 Å². The van der Waals surface area contributed by atoms with Gasteiger partial charge in [-0.3, -0.25) is 14.6 Å². The van der Waals surface area contributed by atoms with Crippen LogP contribution in [0.15, 0.2) is 0 Å². The molecule has 3 aliphatic rings. The molecule has 1 saturated carbocycles. The summed E-state index contributed by atoms with van der Waals surface area (Å²) in [6, 6.07) is 2.27. The molecule has 0 aromatic rings. The van der Waals surface area contributed by atoms with Gasteiger partial charge in [0.05, 0.1) is 6.54 Å². The molecule has 114 valence electrons. The molecule has 1 atom stereocenters. The van der Waals surface area contributed by atoms with Crippen molar-refractivity contribution in [2.75, 3.05) is 39.8 Å². The first-order valence-corrected chi connectivity index (χ1v) is 8.17. The Balaban J connectivity index is 1.35. The summed E-state index contributed by atoms with van der Waals surface area (Å²) >= 11 is 0. The molecule has 5 nitrogen and oxygen atoms in total. The molecular formula is C15H28N4O. The van der Waals surface area contributed by atoms with Crippen molar-refractivity contribution >= 4 is 5.91 Å². The number of hydrogen-bond acceptors (Lipinski definition) is 4. The lowest BCUT2D eigenvalue weighted by Crippen LogP contribution is -2.48. The minimum Gasteiger partial charge on any atom is -0.358 e. The molecule has 2 aliphatic heterocycles. The van der Waals surface area contributed by atoms with Crippen molar-refractivity contribution in [3.05, 3.63) is 0 Å². The molecule has 0 radical (unpaired) electrons. The largest absolute Gasteiger partial charge is 0.358 e. The maximum absolute atomic E-state index is 11.4. The second-order valence-corrected chi connectivity index (χ2v) is 6.60. The Labute approximate surface area is 122 Å². The van der Waals surface area contributed by atoms with Crippen molar-refractivity contribution in [1.82, 2.24) is 20.4 Å². The van der Waals surface area contributed by atoms with Gasteiger partial charge in [-0.2, -0.15) is 0 Å². The van der Waals surface area contributed by atoms with E-state index in [1.54, 1.807) is 7.05 Å². The maximum atomic E-state index is 11.4. The van der Waals surface area contributed by atoms with Crippen molar-refractivity contribution < 1.29 is 4.79 Å². The van der Waals surface area contributed by atoms with Gasteiger partial charge in [-0.1, -0.05) is 0 Å². The van der Waals surface area contributed by atoms with Crippen LogP contribution in [-0.4, -0.2) is 73.6 Å². The predicted molar refractivity (Wildman–Crippen MR) is 79.7 cm³/mol. The molecule has 0 spiro atoms. The van der Waals surface area contributed by atoms with Crippen molar-refractivity contribution in [3.8, 4) is 0 Å². The van der Waals surface area contributed by atoms with Gasteiger partial charge in [-0.15, -0.1) is 0 Å². The highest BCUT2D eigenvalue weighted by atomic mass is 16.1. The third-order valence-corrected chi connectivity index (χ3v) is 4.99. The number of likely N-dealkylation sites (tertiary alicyclic amines) is 2. The summed E-state index contributed by atoms with van der Waals surface area (Å²) < 4.78 is 0. The van der Waals surface area contributed by atoms with Gasteiger partial charge in [0.1, 0.15) is 0 Å². The Morgan fingerprint density at radius 2 is 1.75 bits per heavy atom. The zero-order valence-electron chi connectivity index (χ0n) is 12.6. The van der Waals surface area contributed by atoms with Crippen molar-refractivity contribution in [3.63, 3.8) is 0 Å². The van der Waals surface area contributed by atoms with Crippen LogP contribution in [0.5, 0.6) is 0 Å². The Kier molecular flexibility index (Phi) is 4.58. The average Bonchev–Trinajstić information content (AvgIpc) is 3.21. The molecule has 2 heterocycles. The van der Waals surface area contributed by atoms with E-state index in [-0.39, 0.29) is 5.91 Å². The molecule has 0 bridgehead atoms. The highest BCUT2D eigenvalue weighted by molar-refractivity contribution is 5.77. The Bertz CT molecular complexity index is 337. The highest BCUT2D eigenvalue weighted by Gasteiger charge is 2.35. The van der Waals surface area contributed by atoms with Gasteiger partial charge in [-0.25, -0.2) is 0 Å². The smallest absolute Gasteiger partial charge is 0.233 e. The van der Waals surface area contributed by atoms with Crippen LogP contribution in [0, 0.1) is 0 Å². The highest BCUT2D eigenvalue weighted by Crippen LogP contribution is 2.30. The molecule has 20 heavy (non-hydrogen) atoms. The second-order valence-electron chi connectivity index (χ2n) is 6.60. The number of nitrogens with one attached hydrogen (secondary N) is 2. The van der Waals surface area contributed by atoms with E-state index >= 15 is 0 Å². The van der Waals surface area contributed by atoms with Gasteiger partial charge in [0, 0.05) is 51.4 Å². The number of likely N-dealkylation sites (N-methyl/N-ethyl adjacent to an activating group) is 1. The van der Waals surface area contributed by atoms with Gasteiger partial charge in [0.25, 0.3) is 0 Å². The van der Waals surface area contributed by atoms with Gasteiger partial charge < -0.3 is 10.6 Å². The average molecular weight is 280 g/mol. The predicted octanol–water partition coefficient (Wildman–Crippen LogP) is 0.0231. The molecule has 3 rings (SSSR count). The standard InChI is InChI=1S/C15H28N4O/c1-16-15(20)11-18-7-4-12(5-8-18)17-13-6-9-19(10-13)14-2-3-14/h12-14,17H,2-11H2,1H3,(H,16,20). The zero-order valence-corrected chi connectivity index (χ0v) is 12.6. The van der Waals surface area contributed by atoms with Crippen LogP contribution < -0.4 is 10.6 Å². The number of piperidine rings is 1. The Morgan fingerprint density at radius 1 is 1.05 bits per heavy atom. The van der Waals surface area contributed by atoms with Crippen LogP contribution in [-0.2, 0) is 4.79 Å². The fourth-order valence-corrected chi connectivity index (χ4v) is 3.57. The van der Waals surface area contributed by atoms with Crippen LogP contribution in [0.1, 0.15) is 32.1 Å². The summed E-state index contributed by atoms with van der Waals surface area (Å²) in [6.45, 7) is 5.19. The molecule has 5 heteroatoms. The van der Waals surface area contributed by atoms with Gasteiger partial charge >= 0.3 is 0 Å². The topological polar surface area (TPSA) is 47.6 Å². The lowest BCUT2D eigenvalue weighted by molar-refractivity contribution is -0.122. The summed E-state index contributed by atoms with van der Waals surface area (Å²) in [7, 11) is 1.71. The Morgan fingerprint density at radius 3 is 2.40 bits per heavy atom. The number of carbonyl (C=O) groups excluding carboxylic acids is 1. The number of nitrogens with zero attached hydrogens (tertiary/aromatic N) is 2. The van der Waals surface area contributed by atoms with E-state index < -0.39 is 0 Å². The number of rotatable bonds is 5. The third kappa shape index (κ3) is 3.71. The molecule has 2 saturated heterocycles. The number of amides is 1. The summed E-state index contributed by atoms with van der Waals surface area (Å²) in [5.74, 6) is 0.132. The first kappa shape index (κ1) is 14.3. The molecule has 0 aromatic heterocycles. The molecular weight excluding hydrogens is 252 g/mol. The molecule has 3 fully saturated rings. The minimum atomic E-state index is 0.132. The SMILES string of the molecule is CNC(=O)CN1CCC(NC2CCN(C3CC3)C2)CC1. The van der Waals surface area contributed by atoms with Crippen LogP contribution in [0.4, 0.5) is 0 Å². The van der Waals surface area contributed by atoms with E-state index in [2.05, 4.69) is 20.4 Å². The van der Waals surface area contributed by atoms with Crippen LogP contribution in [0.3, 0.4) is 0 Å². The van der Waals surface area contributed by atoms with E-state index in [9.17, 15) is 4.79 Å². The second kappa shape index (κ2) is 6.41. The lowest BCUT2D eigenvalue weighted by atomic mass is 10.0. The van der Waals surface area contributed by atoms with Crippen LogP contribution >= 0.6 is 0 Å². The molecule has 0 aromatic carbocycles. The summed E-state index contributed by atoms with van der Waals surface area (Å²) in [5, 5.41) is 6.55. The summed E-state index contributed by atoms with van der Waals surface area (Å²) in [6.07, 6.45) is 6.51. The van der Waals surface area contributed by atoms with Crippen molar-refractivity contribution in [2.24, 2.45) is 0 Å². The van der Waals surface area contributed by atoms with E-state index in [0.717, 1.165) is 19.1 Å². The summed E-state index contributed by atoms with van der Waals surface area (Å²) in [5.41, 5.74) is 0. The Hall–Kier alpha value is -0.650. The fraction of sp³-hybridized carbons (Fsp3) is 0.933. The van der Waals surface area contributed by atoms with Gasteiger partial charge in [0.15, 0.2) is 0 Å². The molecule has 1 amide bonds. The van der Waals surface area contributed by atoms with Crippen molar-refractivity contribution in [1.29, 1.82) is 0 Å². The number of carbonyl (C=O) groups is 1. The molecule has 2 N–H and O–H groups in total. The fourth-order valence-electron chi connectivity index (χ4n) is 3.57. The first-order chi connectivity index (χ1) is 9.74. The quantitative estimate of drug-likeness (QED) is 0.745. The monoisotopic (exact) mass is 280 g/mol. The normalized spacial score (nSPS) is 29.8. The minimum absolute atomic E-state index is 0.132. The van der Waals surface area contributed by atoms with E-state index in [0.29, 0.717) is 18.6 Å². The summed E-state index contributed by atoms with van der Waals surface area (Å²) in [4.78, 5) is 16.3. The number of hydrogen-bond donors (Lipinski definition) is 2. The van der Waals surface area contributed by atoms with Gasteiger partial charge in [-0.05, 0) is 32.1 Å². The lowest BCUT2D eigenvalue weighted by Gasteiger charge is -2.33. The van der Waals surface area contributed by atoms with Crippen LogP contribution in [0.25, 0.3) is 0 Å². The molecule has 1 aliphatic carbocycles. The van der Waals surface area contributed by atoms with Crippen molar-refractivity contribution in [2.45, 2.75) is 50.2 Å². The van der Waals surface area contributed by atoms with E-state index in [4.69, 9.17) is 0 Å².